The lowest BCUT2D eigenvalue weighted by Crippen LogP contribution is -2.26. The summed E-state index contributed by atoms with van der Waals surface area (Å²) in [6, 6.07) is 13.9. The molecule has 0 fully saturated rings. The SMILES string of the molecule is COc1ccc(Cl)cc1CN(C)C(=O)c1ccc(C#N)cc1. The van der Waals surface area contributed by atoms with Crippen molar-refractivity contribution in [3.05, 3.63) is 64.2 Å². The van der Waals surface area contributed by atoms with Gasteiger partial charge in [-0.3, -0.25) is 4.79 Å². The molecule has 0 saturated carbocycles. The molecule has 2 aromatic rings. The molecule has 0 saturated heterocycles. The number of carbonyl (C=O) groups is 1. The maximum absolute atomic E-state index is 12.4. The molecule has 0 bridgehead atoms. The molecule has 22 heavy (non-hydrogen) atoms. The minimum Gasteiger partial charge on any atom is -0.496 e. The van der Waals surface area contributed by atoms with E-state index in [1.54, 1.807) is 61.5 Å². The minimum absolute atomic E-state index is 0.133. The van der Waals surface area contributed by atoms with Gasteiger partial charge in [-0.1, -0.05) is 11.6 Å². The van der Waals surface area contributed by atoms with Gasteiger partial charge in [0.05, 0.1) is 18.7 Å². The van der Waals surface area contributed by atoms with Gasteiger partial charge in [0.15, 0.2) is 0 Å². The fraction of sp³-hybridized carbons (Fsp3) is 0.176. The average molecular weight is 315 g/mol. The second-order valence-electron chi connectivity index (χ2n) is 4.81. The standard InChI is InChI=1S/C17H15ClN2O2/c1-20(11-14-9-15(18)7-8-16(14)22-2)17(21)13-5-3-12(10-19)4-6-13/h3-9H,11H2,1-2H3. The molecule has 112 valence electrons. The monoisotopic (exact) mass is 314 g/mol. The fourth-order valence-corrected chi connectivity index (χ4v) is 2.30. The number of hydrogen-bond donors (Lipinski definition) is 0. The molecule has 0 aliphatic carbocycles. The molecule has 0 aliphatic heterocycles. The summed E-state index contributed by atoms with van der Waals surface area (Å²) >= 11 is 6.00. The van der Waals surface area contributed by atoms with Gasteiger partial charge in [0, 0.05) is 29.7 Å². The van der Waals surface area contributed by atoms with E-state index in [0.717, 1.165) is 5.56 Å². The van der Waals surface area contributed by atoms with Crippen LogP contribution in [0.15, 0.2) is 42.5 Å². The van der Waals surface area contributed by atoms with Crippen LogP contribution in [0.25, 0.3) is 0 Å². The van der Waals surface area contributed by atoms with Crippen LogP contribution in [0.5, 0.6) is 5.75 Å². The molecule has 0 radical (unpaired) electrons. The van der Waals surface area contributed by atoms with Crippen LogP contribution in [0.3, 0.4) is 0 Å². The molecule has 4 nitrogen and oxygen atoms in total. The van der Waals surface area contributed by atoms with Gasteiger partial charge < -0.3 is 9.64 Å². The first-order valence-electron chi connectivity index (χ1n) is 6.63. The molecule has 0 unspecified atom stereocenters. The maximum Gasteiger partial charge on any atom is 0.253 e. The van der Waals surface area contributed by atoms with Crippen LogP contribution in [0.1, 0.15) is 21.5 Å². The molecule has 0 atom stereocenters. The number of benzene rings is 2. The van der Waals surface area contributed by atoms with E-state index in [1.165, 1.54) is 0 Å². The number of nitriles is 1. The van der Waals surface area contributed by atoms with Crippen LogP contribution in [-0.2, 0) is 6.54 Å². The third-order valence-corrected chi connectivity index (χ3v) is 3.49. The van der Waals surface area contributed by atoms with Crippen LogP contribution >= 0.6 is 11.6 Å². The largest absolute Gasteiger partial charge is 0.496 e. The Balaban J connectivity index is 2.17. The van der Waals surface area contributed by atoms with Gasteiger partial charge in [0.2, 0.25) is 0 Å². The summed E-state index contributed by atoms with van der Waals surface area (Å²) in [5.41, 5.74) is 1.89. The summed E-state index contributed by atoms with van der Waals surface area (Å²) < 4.78 is 5.28. The molecule has 5 heteroatoms. The Morgan fingerprint density at radius 1 is 1.27 bits per heavy atom. The molecular weight excluding hydrogens is 300 g/mol. The number of rotatable bonds is 4. The van der Waals surface area contributed by atoms with E-state index < -0.39 is 0 Å². The molecule has 0 heterocycles. The van der Waals surface area contributed by atoms with Crippen molar-refractivity contribution in [1.82, 2.24) is 4.90 Å². The van der Waals surface area contributed by atoms with Crippen molar-refractivity contribution >= 4 is 17.5 Å². The zero-order valence-corrected chi connectivity index (χ0v) is 13.1. The maximum atomic E-state index is 12.4. The van der Waals surface area contributed by atoms with Crippen molar-refractivity contribution in [2.45, 2.75) is 6.54 Å². The van der Waals surface area contributed by atoms with Crippen molar-refractivity contribution in [3.8, 4) is 11.8 Å². The summed E-state index contributed by atoms with van der Waals surface area (Å²) in [6.45, 7) is 0.378. The molecule has 0 N–H and O–H groups in total. The van der Waals surface area contributed by atoms with E-state index in [0.29, 0.717) is 28.4 Å². The first-order valence-corrected chi connectivity index (χ1v) is 7.01. The van der Waals surface area contributed by atoms with E-state index in [9.17, 15) is 4.79 Å². The lowest BCUT2D eigenvalue weighted by atomic mass is 10.1. The van der Waals surface area contributed by atoms with Gasteiger partial charge in [-0.05, 0) is 42.5 Å². The van der Waals surface area contributed by atoms with Crippen molar-refractivity contribution < 1.29 is 9.53 Å². The lowest BCUT2D eigenvalue weighted by molar-refractivity contribution is 0.0784. The second kappa shape index (κ2) is 6.97. The minimum atomic E-state index is -0.133. The Labute approximate surface area is 134 Å². The molecule has 2 aromatic carbocycles. The summed E-state index contributed by atoms with van der Waals surface area (Å²) in [5, 5.41) is 9.38. The number of amides is 1. The quantitative estimate of drug-likeness (QED) is 0.868. The van der Waals surface area contributed by atoms with Gasteiger partial charge in [0.25, 0.3) is 5.91 Å². The topological polar surface area (TPSA) is 53.3 Å². The first-order chi connectivity index (χ1) is 10.5. The zero-order valence-electron chi connectivity index (χ0n) is 12.3. The summed E-state index contributed by atoms with van der Waals surface area (Å²) in [6.07, 6.45) is 0. The van der Waals surface area contributed by atoms with Crippen LogP contribution in [0.4, 0.5) is 0 Å². The van der Waals surface area contributed by atoms with E-state index in [2.05, 4.69) is 0 Å². The number of methoxy groups -OCH3 is 1. The first kappa shape index (κ1) is 15.9. The smallest absolute Gasteiger partial charge is 0.253 e. The van der Waals surface area contributed by atoms with E-state index in [-0.39, 0.29) is 5.91 Å². The van der Waals surface area contributed by atoms with E-state index in [4.69, 9.17) is 21.6 Å². The Morgan fingerprint density at radius 3 is 2.55 bits per heavy atom. The third kappa shape index (κ3) is 3.57. The van der Waals surface area contributed by atoms with E-state index >= 15 is 0 Å². The molecule has 1 amide bonds. The summed E-state index contributed by atoms with van der Waals surface area (Å²) in [5.74, 6) is 0.551. The highest BCUT2D eigenvalue weighted by Crippen LogP contribution is 2.24. The second-order valence-corrected chi connectivity index (χ2v) is 5.24. The van der Waals surface area contributed by atoms with Crippen molar-refractivity contribution in [1.29, 1.82) is 5.26 Å². The normalized spacial score (nSPS) is 9.91. The van der Waals surface area contributed by atoms with Gasteiger partial charge >= 0.3 is 0 Å². The van der Waals surface area contributed by atoms with Crippen molar-refractivity contribution in [2.24, 2.45) is 0 Å². The highest BCUT2D eigenvalue weighted by molar-refractivity contribution is 6.30. The molecule has 0 spiro atoms. The number of carbonyl (C=O) groups excluding carboxylic acids is 1. The number of nitrogens with zero attached hydrogens (tertiary/aromatic N) is 2. The number of halogens is 1. The van der Waals surface area contributed by atoms with Gasteiger partial charge in [-0.25, -0.2) is 0 Å². The van der Waals surface area contributed by atoms with Gasteiger partial charge in [-0.2, -0.15) is 5.26 Å². The highest BCUT2D eigenvalue weighted by Gasteiger charge is 2.14. The fourth-order valence-electron chi connectivity index (χ4n) is 2.11. The molecule has 0 aliphatic rings. The predicted octanol–water partition coefficient (Wildman–Crippen LogP) is 3.49. The van der Waals surface area contributed by atoms with Crippen LogP contribution < -0.4 is 4.74 Å². The van der Waals surface area contributed by atoms with E-state index in [1.807, 2.05) is 6.07 Å². The van der Waals surface area contributed by atoms with Crippen LogP contribution in [-0.4, -0.2) is 25.0 Å². The van der Waals surface area contributed by atoms with Crippen LogP contribution in [0, 0.1) is 11.3 Å². The molecule has 2 rings (SSSR count). The van der Waals surface area contributed by atoms with Crippen molar-refractivity contribution in [3.63, 3.8) is 0 Å². The number of hydrogen-bond acceptors (Lipinski definition) is 3. The van der Waals surface area contributed by atoms with Crippen molar-refractivity contribution in [2.75, 3.05) is 14.2 Å². The lowest BCUT2D eigenvalue weighted by Gasteiger charge is -2.19. The average Bonchev–Trinajstić information content (AvgIpc) is 2.54. The Bertz CT molecular complexity index is 720. The Morgan fingerprint density at radius 2 is 1.95 bits per heavy atom. The third-order valence-electron chi connectivity index (χ3n) is 3.26. The Hall–Kier alpha value is -2.51. The molecular formula is C17H15ClN2O2. The highest BCUT2D eigenvalue weighted by atomic mass is 35.5. The zero-order chi connectivity index (χ0) is 16.1. The van der Waals surface area contributed by atoms with Crippen LogP contribution in [0.2, 0.25) is 5.02 Å². The molecule has 0 aromatic heterocycles. The summed E-state index contributed by atoms with van der Waals surface area (Å²) in [4.78, 5) is 14.0. The van der Waals surface area contributed by atoms with Gasteiger partial charge in [-0.15, -0.1) is 0 Å². The number of ether oxygens (including phenoxy) is 1. The Kier molecular flexibility index (Phi) is 5.03. The van der Waals surface area contributed by atoms with Gasteiger partial charge in [0.1, 0.15) is 5.75 Å². The predicted molar refractivity (Wildman–Crippen MR) is 85.0 cm³/mol. The summed E-state index contributed by atoms with van der Waals surface area (Å²) in [7, 11) is 3.29.